The van der Waals surface area contributed by atoms with Gasteiger partial charge >= 0.3 is 0 Å². The highest BCUT2D eigenvalue weighted by molar-refractivity contribution is 9.10. The van der Waals surface area contributed by atoms with Crippen molar-refractivity contribution in [2.45, 2.75) is 33.2 Å². The molecule has 90 valence electrons. The molecule has 1 aromatic carbocycles. The minimum Gasteiger partial charge on any atom is -0.310 e. The minimum atomic E-state index is 0.343. The fraction of sp³-hybridized carbons (Fsp3) is 0.538. The van der Waals surface area contributed by atoms with Gasteiger partial charge in [-0.15, -0.1) is 0 Å². The van der Waals surface area contributed by atoms with Gasteiger partial charge in [0.1, 0.15) is 0 Å². The van der Waals surface area contributed by atoms with Crippen molar-refractivity contribution in [2.24, 2.45) is 5.92 Å². The lowest BCUT2D eigenvalue weighted by Crippen LogP contribution is -2.26. The Hall–Kier alpha value is -0.0500. The molecule has 0 spiro atoms. The van der Waals surface area contributed by atoms with Crippen LogP contribution in [0.2, 0.25) is 5.02 Å². The Bertz CT molecular complexity index is 341. The van der Waals surface area contributed by atoms with E-state index in [0.717, 1.165) is 22.5 Å². The number of halogens is 2. The third kappa shape index (κ3) is 3.47. The van der Waals surface area contributed by atoms with Gasteiger partial charge in [-0.2, -0.15) is 0 Å². The maximum absolute atomic E-state index is 6.29. The van der Waals surface area contributed by atoms with Crippen molar-refractivity contribution in [3.05, 3.63) is 33.3 Å². The number of rotatable bonds is 5. The van der Waals surface area contributed by atoms with Crippen LogP contribution in [0.5, 0.6) is 0 Å². The first-order valence-electron chi connectivity index (χ1n) is 5.78. The lowest BCUT2D eigenvalue weighted by molar-refractivity contribution is 0.384. The van der Waals surface area contributed by atoms with Crippen LogP contribution >= 0.6 is 27.5 Å². The van der Waals surface area contributed by atoms with Gasteiger partial charge in [-0.3, -0.25) is 0 Å². The first-order valence-corrected chi connectivity index (χ1v) is 6.95. The smallest absolute Gasteiger partial charge is 0.0465 e. The summed E-state index contributed by atoms with van der Waals surface area (Å²) in [6.45, 7) is 7.55. The van der Waals surface area contributed by atoms with Gasteiger partial charge in [-0.25, -0.2) is 0 Å². The molecule has 0 saturated carbocycles. The van der Waals surface area contributed by atoms with Crippen molar-refractivity contribution in [3.63, 3.8) is 0 Å². The van der Waals surface area contributed by atoms with Gasteiger partial charge in [0.15, 0.2) is 0 Å². The number of nitrogens with one attached hydrogen (secondary N) is 1. The summed E-state index contributed by atoms with van der Waals surface area (Å²) in [5, 5.41) is 4.34. The van der Waals surface area contributed by atoms with E-state index in [-0.39, 0.29) is 0 Å². The van der Waals surface area contributed by atoms with E-state index in [9.17, 15) is 0 Å². The molecule has 3 heteroatoms. The molecule has 0 radical (unpaired) electrons. The van der Waals surface area contributed by atoms with Gasteiger partial charge in [-0.05, 0) is 30.2 Å². The molecule has 2 unspecified atom stereocenters. The lowest BCUT2D eigenvalue weighted by Gasteiger charge is -2.25. The molecule has 0 bridgehead atoms. The van der Waals surface area contributed by atoms with Crippen LogP contribution in [0.3, 0.4) is 0 Å². The molecule has 1 nitrogen and oxygen atoms in total. The maximum Gasteiger partial charge on any atom is 0.0465 e. The van der Waals surface area contributed by atoms with E-state index in [1.54, 1.807) is 0 Å². The maximum atomic E-state index is 6.29. The van der Waals surface area contributed by atoms with E-state index < -0.39 is 0 Å². The molecule has 0 aromatic heterocycles. The Kier molecular flexibility index (Phi) is 5.81. The summed E-state index contributed by atoms with van der Waals surface area (Å²) < 4.78 is 1.03. The highest BCUT2D eigenvalue weighted by atomic mass is 79.9. The number of benzene rings is 1. The fourth-order valence-corrected chi connectivity index (χ4v) is 2.62. The zero-order valence-electron chi connectivity index (χ0n) is 10.1. The summed E-state index contributed by atoms with van der Waals surface area (Å²) in [6.07, 6.45) is 1.14. The van der Waals surface area contributed by atoms with Crippen LogP contribution in [-0.4, -0.2) is 6.54 Å². The molecule has 1 N–H and O–H groups in total. The highest BCUT2D eigenvalue weighted by Crippen LogP contribution is 2.31. The minimum absolute atomic E-state index is 0.343. The Morgan fingerprint density at radius 2 is 2.06 bits per heavy atom. The molecule has 2 atom stereocenters. The summed E-state index contributed by atoms with van der Waals surface area (Å²) in [5.74, 6) is 0.582. The predicted octanol–water partition coefficient (Wildman–Crippen LogP) is 4.80. The summed E-state index contributed by atoms with van der Waals surface area (Å²) in [7, 11) is 0. The molecule has 16 heavy (non-hydrogen) atoms. The lowest BCUT2D eigenvalue weighted by atomic mass is 9.92. The van der Waals surface area contributed by atoms with Gasteiger partial charge in [0.2, 0.25) is 0 Å². The summed E-state index contributed by atoms with van der Waals surface area (Å²) in [4.78, 5) is 0. The van der Waals surface area contributed by atoms with Crippen molar-refractivity contribution < 1.29 is 0 Å². The average Bonchev–Trinajstić information content (AvgIpc) is 2.26. The Morgan fingerprint density at radius 1 is 1.38 bits per heavy atom. The van der Waals surface area contributed by atoms with Crippen LogP contribution in [0, 0.1) is 5.92 Å². The van der Waals surface area contributed by atoms with Crippen molar-refractivity contribution in [1.82, 2.24) is 5.32 Å². The molecule has 0 saturated heterocycles. The van der Waals surface area contributed by atoms with Gasteiger partial charge in [-0.1, -0.05) is 60.8 Å². The molecule has 0 aliphatic heterocycles. The van der Waals surface area contributed by atoms with E-state index in [1.165, 1.54) is 5.56 Å². The molecule has 0 amide bonds. The zero-order chi connectivity index (χ0) is 12.1. The molecular weight excluding hydrogens is 286 g/mol. The molecule has 1 aromatic rings. The number of hydrogen-bond acceptors (Lipinski definition) is 1. The van der Waals surface area contributed by atoms with Crippen molar-refractivity contribution in [1.29, 1.82) is 0 Å². The van der Waals surface area contributed by atoms with Gasteiger partial charge in [0.25, 0.3) is 0 Å². The van der Waals surface area contributed by atoms with E-state index in [1.807, 2.05) is 12.1 Å². The predicted molar refractivity (Wildman–Crippen MR) is 75.0 cm³/mol. The van der Waals surface area contributed by atoms with Crippen molar-refractivity contribution in [3.8, 4) is 0 Å². The molecule has 0 aliphatic carbocycles. The van der Waals surface area contributed by atoms with Gasteiger partial charge in [0.05, 0.1) is 0 Å². The third-order valence-corrected chi connectivity index (χ3v) is 3.76. The van der Waals surface area contributed by atoms with E-state index in [2.05, 4.69) is 48.1 Å². The van der Waals surface area contributed by atoms with Crippen LogP contribution < -0.4 is 5.32 Å². The van der Waals surface area contributed by atoms with Gasteiger partial charge in [0, 0.05) is 15.5 Å². The third-order valence-electron chi connectivity index (χ3n) is 2.93. The normalized spacial score (nSPS) is 14.8. The largest absolute Gasteiger partial charge is 0.310 e. The van der Waals surface area contributed by atoms with Crippen LogP contribution in [0.15, 0.2) is 22.7 Å². The van der Waals surface area contributed by atoms with Crippen LogP contribution in [0.25, 0.3) is 0 Å². The van der Waals surface area contributed by atoms with Crippen molar-refractivity contribution in [2.75, 3.05) is 6.54 Å². The summed E-state index contributed by atoms with van der Waals surface area (Å²) >= 11 is 9.72. The Labute approximate surface area is 112 Å². The Morgan fingerprint density at radius 3 is 2.56 bits per heavy atom. The molecule has 1 rings (SSSR count). The standard InChI is InChI=1S/C13H19BrClN/c1-4-9(3)13(16-5-2)11-7-6-10(14)8-12(11)15/h6-9,13,16H,4-5H2,1-3H3. The second-order valence-corrected chi connectivity index (χ2v) is 5.41. The van der Waals surface area contributed by atoms with E-state index in [0.29, 0.717) is 12.0 Å². The SMILES string of the molecule is CCNC(c1ccc(Br)cc1Cl)C(C)CC. The van der Waals surface area contributed by atoms with Crippen molar-refractivity contribution >= 4 is 27.5 Å². The summed E-state index contributed by atoms with van der Waals surface area (Å²) in [6, 6.07) is 6.46. The average molecular weight is 305 g/mol. The quantitative estimate of drug-likeness (QED) is 0.824. The second-order valence-electron chi connectivity index (χ2n) is 4.09. The molecular formula is C13H19BrClN. The monoisotopic (exact) mass is 303 g/mol. The highest BCUT2D eigenvalue weighted by Gasteiger charge is 2.19. The molecule has 0 fully saturated rings. The summed E-state index contributed by atoms with van der Waals surface area (Å²) in [5.41, 5.74) is 1.20. The Balaban J connectivity index is 3.00. The second kappa shape index (κ2) is 6.63. The molecule has 0 aliphatic rings. The topological polar surface area (TPSA) is 12.0 Å². The van der Waals surface area contributed by atoms with E-state index >= 15 is 0 Å². The van der Waals surface area contributed by atoms with Crippen LogP contribution in [-0.2, 0) is 0 Å². The van der Waals surface area contributed by atoms with Crippen LogP contribution in [0.1, 0.15) is 38.8 Å². The van der Waals surface area contributed by atoms with Crippen LogP contribution in [0.4, 0.5) is 0 Å². The fourth-order valence-electron chi connectivity index (χ4n) is 1.83. The van der Waals surface area contributed by atoms with Gasteiger partial charge < -0.3 is 5.32 Å². The number of hydrogen-bond donors (Lipinski definition) is 1. The zero-order valence-corrected chi connectivity index (χ0v) is 12.4. The first kappa shape index (κ1) is 14.0. The first-order chi connectivity index (χ1) is 7.60. The molecule has 0 heterocycles. The van der Waals surface area contributed by atoms with E-state index in [4.69, 9.17) is 11.6 Å².